The first-order valence-corrected chi connectivity index (χ1v) is 5.91. The van der Waals surface area contributed by atoms with Crippen molar-refractivity contribution in [2.45, 2.75) is 39.2 Å². The summed E-state index contributed by atoms with van der Waals surface area (Å²) in [5.41, 5.74) is 0. The van der Waals surface area contributed by atoms with Crippen molar-refractivity contribution in [3.8, 4) is 0 Å². The van der Waals surface area contributed by atoms with Crippen LogP contribution in [-0.4, -0.2) is 18.4 Å². The van der Waals surface area contributed by atoms with Gasteiger partial charge in [0.15, 0.2) is 0 Å². The van der Waals surface area contributed by atoms with Crippen LogP contribution < -0.4 is 0 Å². The van der Waals surface area contributed by atoms with Crippen LogP contribution in [0.25, 0.3) is 0 Å². The lowest BCUT2D eigenvalue weighted by molar-refractivity contribution is 0.136. The number of rotatable bonds is 4. The molecule has 0 heterocycles. The molecule has 0 aliphatic heterocycles. The molecule has 1 rings (SSSR count). The van der Waals surface area contributed by atoms with Gasteiger partial charge in [-0.15, -0.1) is 0 Å². The molecule has 0 bridgehead atoms. The zero-order chi connectivity index (χ0) is 7.40. The van der Waals surface area contributed by atoms with Crippen molar-refractivity contribution in [1.82, 2.24) is 0 Å². The Bertz CT molecular complexity index is 87.3. The van der Waals surface area contributed by atoms with E-state index < -0.39 is 0 Å². The van der Waals surface area contributed by atoms with Crippen LogP contribution >= 0.6 is 8.15 Å². The first-order valence-electron chi connectivity index (χ1n) is 4.28. The molecule has 1 nitrogen and oxygen atoms in total. The van der Waals surface area contributed by atoms with E-state index in [1.165, 1.54) is 31.6 Å². The summed E-state index contributed by atoms with van der Waals surface area (Å²) in [6, 6.07) is 0. The maximum absolute atomic E-state index is 5.85. The summed E-state index contributed by atoms with van der Waals surface area (Å²) in [6.45, 7) is 4.46. The van der Waals surface area contributed by atoms with E-state index in [1.807, 2.05) is 0 Å². The van der Waals surface area contributed by atoms with Crippen LogP contribution in [0.2, 0.25) is 0 Å². The molecule has 1 saturated carbocycles. The van der Waals surface area contributed by atoms with Gasteiger partial charge in [0.05, 0.1) is 6.10 Å². The molecule has 1 fully saturated rings. The Balaban J connectivity index is 2.08. The van der Waals surface area contributed by atoms with Crippen LogP contribution in [0.5, 0.6) is 0 Å². The minimum Gasteiger partial charge on any atom is -0.356 e. The molecule has 1 aliphatic carbocycles. The quantitative estimate of drug-likeness (QED) is 0.574. The third kappa shape index (κ3) is 2.21. The maximum atomic E-state index is 5.85. The van der Waals surface area contributed by atoms with Crippen LogP contribution in [-0.2, 0) is 4.52 Å². The lowest BCUT2D eigenvalue weighted by Crippen LogP contribution is -2.19. The highest BCUT2D eigenvalue weighted by Gasteiger charge is 2.20. The van der Waals surface area contributed by atoms with Crippen molar-refractivity contribution in [2.24, 2.45) is 0 Å². The van der Waals surface area contributed by atoms with E-state index >= 15 is 0 Å². The van der Waals surface area contributed by atoms with Gasteiger partial charge >= 0.3 is 0 Å². The molecule has 10 heavy (non-hydrogen) atoms. The molecule has 1 aliphatic rings. The molecule has 0 radical (unpaired) electrons. The summed E-state index contributed by atoms with van der Waals surface area (Å²) < 4.78 is 5.85. The van der Waals surface area contributed by atoms with Crippen LogP contribution in [0.15, 0.2) is 0 Å². The third-order valence-corrected chi connectivity index (χ3v) is 4.06. The Morgan fingerprint density at radius 3 is 2.20 bits per heavy atom. The monoisotopic (exact) mass is 160 g/mol. The van der Waals surface area contributed by atoms with Crippen LogP contribution in [0.3, 0.4) is 0 Å². The van der Waals surface area contributed by atoms with E-state index in [4.69, 9.17) is 4.52 Å². The summed E-state index contributed by atoms with van der Waals surface area (Å²) in [7, 11) is -0.0502. The normalized spacial score (nSPS) is 19.5. The second kappa shape index (κ2) is 4.31. The molecule has 0 aromatic rings. The van der Waals surface area contributed by atoms with Gasteiger partial charge in [-0.2, -0.15) is 0 Å². The Kier molecular flexibility index (Phi) is 3.65. The molecule has 0 aromatic heterocycles. The second-order valence-electron chi connectivity index (χ2n) is 2.77. The van der Waals surface area contributed by atoms with Crippen molar-refractivity contribution in [1.29, 1.82) is 0 Å². The van der Waals surface area contributed by atoms with Gasteiger partial charge in [0.2, 0.25) is 0 Å². The van der Waals surface area contributed by atoms with E-state index in [0.717, 1.165) is 0 Å². The average Bonchev–Trinajstić information content (AvgIpc) is 1.87. The Morgan fingerprint density at radius 1 is 1.30 bits per heavy atom. The lowest BCUT2D eigenvalue weighted by atomic mass is 9.97. The summed E-state index contributed by atoms with van der Waals surface area (Å²) in [5, 5.41) is 0. The fraction of sp³-hybridized carbons (Fsp3) is 1.00. The van der Waals surface area contributed by atoms with Gasteiger partial charge in [-0.1, -0.05) is 13.8 Å². The van der Waals surface area contributed by atoms with E-state index in [0.29, 0.717) is 6.10 Å². The number of hydrogen-bond donors (Lipinski definition) is 0. The zero-order valence-corrected chi connectivity index (χ0v) is 7.86. The van der Waals surface area contributed by atoms with Crippen molar-refractivity contribution in [3.05, 3.63) is 0 Å². The summed E-state index contributed by atoms with van der Waals surface area (Å²) >= 11 is 0. The molecular formula is C8H17OP. The zero-order valence-electron chi connectivity index (χ0n) is 6.97. The smallest absolute Gasteiger partial charge is 0.0617 e. The van der Waals surface area contributed by atoms with Crippen molar-refractivity contribution in [2.75, 3.05) is 12.3 Å². The van der Waals surface area contributed by atoms with E-state index in [2.05, 4.69) is 13.8 Å². The molecule has 2 heteroatoms. The summed E-state index contributed by atoms with van der Waals surface area (Å²) in [6.07, 6.45) is 7.15. The summed E-state index contributed by atoms with van der Waals surface area (Å²) in [4.78, 5) is 0. The first kappa shape index (κ1) is 8.49. The standard InChI is InChI=1S/C8H17OP/c1-3-10(4-2)9-8-6-5-7-8/h8H,3-7H2,1-2H3. The Hall–Kier alpha value is 0.390. The molecule has 0 amide bonds. The maximum Gasteiger partial charge on any atom is 0.0617 e. The molecule has 0 N–H and O–H groups in total. The molecule has 0 saturated heterocycles. The fourth-order valence-corrected chi connectivity index (χ4v) is 2.44. The van der Waals surface area contributed by atoms with Crippen molar-refractivity contribution >= 4 is 8.15 Å². The number of hydrogen-bond acceptors (Lipinski definition) is 1. The van der Waals surface area contributed by atoms with Gasteiger partial charge in [0.1, 0.15) is 0 Å². The van der Waals surface area contributed by atoms with Gasteiger partial charge in [-0.05, 0) is 31.6 Å². The van der Waals surface area contributed by atoms with Gasteiger partial charge in [0, 0.05) is 8.15 Å². The van der Waals surface area contributed by atoms with Gasteiger partial charge < -0.3 is 4.52 Å². The Labute approximate surface area is 65.0 Å². The van der Waals surface area contributed by atoms with E-state index in [9.17, 15) is 0 Å². The Morgan fingerprint density at radius 2 is 1.90 bits per heavy atom. The van der Waals surface area contributed by atoms with Gasteiger partial charge in [0.25, 0.3) is 0 Å². The highest BCUT2D eigenvalue weighted by molar-refractivity contribution is 7.52. The van der Waals surface area contributed by atoms with Crippen LogP contribution in [0, 0.1) is 0 Å². The molecule has 0 aromatic carbocycles. The topological polar surface area (TPSA) is 9.23 Å². The molecule has 0 unspecified atom stereocenters. The molecule has 0 spiro atoms. The largest absolute Gasteiger partial charge is 0.356 e. The van der Waals surface area contributed by atoms with E-state index in [-0.39, 0.29) is 8.15 Å². The van der Waals surface area contributed by atoms with E-state index in [1.54, 1.807) is 0 Å². The summed E-state index contributed by atoms with van der Waals surface area (Å²) in [5.74, 6) is 0. The van der Waals surface area contributed by atoms with Crippen LogP contribution in [0.4, 0.5) is 0 Å². The highest BCUT2D eigenvalue weighted by Crippen LogP contribution is 2.41. The van der Waals surface area contributed by atoms with Gasteiger partial charge in [-0.25, -0.2) is 0 Å². The predicted molar refractivity (Wildman–Crippen MR) is 46.7 cm³/mol. The van der Waals surface area contributed by atoms with Crippen LogP contribution in [0.1, 0.15) is 33.1 Å². The highest BCUT2D eigenvalue weighted by atomic mass is 31.1. The minimum absolute atomic E-state index is 0.0502. The molecular weight excluding hydrogens is 143 g/mol. The first-order chi connectivity index (χ1) is 4.86. The van der Waals surface area contributed by atoms with Gasteiger partial charge in [-0.3, -0.25) is 0 Å². The predicted octanol–water partition coefficient (Wildman–Crippen LogP) is 2.99. The third-order valence-electron chi connectivity index (χ3n) is 2.06. The van der Waals surface area contributed by atoms with Crippen molar-refractivity contribution < 1.29 is 4.52 Å². The second-order valence-corrected chi connectivity index (χ2v) is 5.21. The van der Waals surface area contributed by atoms with Crippen molar-refractivity contribution in [3.63, 3.8) is 0 Å². The fourth-order valence-electron chi connectivity index (χ4n) is 1.06. The minimum atomic E-state index is -0.0502. The lowest BCUT2D eigenvalue weighted by Gasteiger charge is -2.29. The molecule has 60 valence electrons. The SMILES string of the molecule is CCP(CC)OC1CCC1. The molecule has 0 atom stereocenters. The average molecular weight is 160 g/mol.